The first-order valence-corrected chi connectivity index (χ1v) is 8.05. The summed E-state index contributed by atoms with van der Waals surface area (Å²) in [6, 6.07) is 3.60. The largest absolute Gasteiger partial charge is 0.334 e. The molecule has 1 aliphatic carbocycles. The zero-order chi connectivity index (χ0) is 15.9. The summed E-state index contributed by atoms with van der Waals surface area (Å²) in [5.41, 5.74) is 1.58. The summed E-state index contributed by atoms with van der Waals surface area (Å²) in [6.07, 6.45) is 3.79. The highest BCUT2D eigenvalue weighted by Crippen LogP contribution is 2.33. The van der Waals surface area contributed by atoms with E-state index in [4.69, 9.17) is 0 Å². The number of hydrogen-bond acceptors (Lipinski definition) is 2. The molecule has 22 heavy (non-hydrogen) atoms. The molecule has 0 saturated heterocycles. The normalized spacial score (nSPS) is 24.5. The van der Waals surface area contributed by atoms with Crippen LogP contribution in [-0.2, 0) is 11.3 Å². The zero-order valence-electron chi connectivity index (χ0n) is 13.2. The maximum Gasteiger partial charge on any atom is 0.257 e. The molecule has 0 bridgehead atoms. The number of aryl methyl sites for hydroxylation is 1. The maximum absolute atomic E-state index is 14.2. The van der Waals surface area contributed by atoms with Crippen molar-refractivity contribution in [1.82, 2.24) is 4.90 Å². The third-order valence-corrected chi connectivity index (χ3v) is 5.18. The van der Waals surface area contributed by atoms with E-state index in [9.17, 15) is 14.0 Å². The lowest BCUT2D eigenvalue weighted by molar-refractivity contribution is -0.121. The molecule has 3 rings (SSSR count). The van der Waals surface area contributed by atoms with Gasteiger partial charge in [0.1, 0.15) is 11.6 Å². The van der Waals surface area contributed by atoms with Crippen molar-refractivity contribution in [3.05, 3.63) is 34.6 Å². The molecular formula is C18H22FNO2. The summed E-state index contributed by atoms with van der Waals surface area (Å²) in [5, 5.41) is 0. The molecule has 3 nitrogen and oxygen atoms in total. The van der Waals surface area contributed by atoms with Crippen molar-refractivity contribution >= 4 is 11.7 Å². The first-order chi connectivity index (χ1) is 10.5. The molecule has 1 fully saturated rings. The summed E-state index contributed by atoms with van der Waals surface area (Å²) < 4.78 is 14.2. The fourth-order valence-electron chi connectivity index (χ4n) is 3.73. The second-order valence-corrected chi connectivity index (χ2v) is 6.74. The summed E-state index contributed by atoms with van der Waals surface area (Å²) in [6.45, 7) is 4.54. The first kappa shape index (κ1) is 15.2. The van der Waals surface area contributed by atoms with Gasteiger partial charge in [0.25, 0.3) is 5.91 Å². The van der Waals surface area contributed by atoms with Crippen LogP contribution in [0.15, 0.2) is 12.1 Å². The van der Waals surface area contributed by atoms with Crippen molar-refractivity contribution in [3.63, 3.8) is 0 Å². The summed E-state index contributed by atoms with van der Waals surface area (Å²) >= 11 is 0. The Morgan fingerprint density at radius 1 is 1.27 bits per heavy atom. The van der Waals surface area contributed by atoms with E-state index in [-0.39, 0.29) is 29.0 Å². The number of hydrogen-bond donors (Lipinski definition) is 0. The second-order valence-electron chi connectivity index (χ2n) is 6.74. The van der Waals surface area contributed by atoms with E-state index in [1.54, 1.807) is 24.8 Å². The molecule has 1 saturated carbocycles. The van der Waals surface area contributed by atoms with Gasteiger partial charge in [0.2, 0.25) is 0 Å². The Hall–Kier alpha value is -1.71. The number of Topliss-reactive ketones (excluding diaryl/α,β-unsaturated/α-hetero) is 1. The van der Waals surface area contributed by atoms with Gasteiger partial charge in [-0.15, -0.1) is 0 Å². The molecule has 1 amide bonds. The predicted molar refractivity (Wildman–Crippen MR) is 82.0 cm³/mol. The van der Waals surface area contributed by atoms with Crippen molar-refractivity contribution in [3.8, 4) is 0 Å². The summed E-state index contributed by atoms with van der Waals surface area (Å²) in [7, 11) is 0. The Morgan fingerprint density at radius 3 is 2.59 bits per heavy atom. The van der Waals surface area contributed by atoms with Crippen LogP contribution in [0.5, 0.6) is 0 Å². The van der Waals surface area contributed by atoms with Crippen molar-refractivity contribution in [1.29, 1.82) is 0 Å². The van der Waals surface area contributed by atoms with Crippen LogP contribution in [0.4, 0.5) is 4.39 Å². The van der Waals surface area contributed by atoms with Gasteiger partial charge in [-0.2, -0.15) is 0 Å². The number of carbonyl (C=O) groups is 2. The van der Waals surface area contributed by atoms with Gasteiger partial charge in [-0.05, 0) is 56.6 Å². The van der Waals surface area contributed by atoms with Crippen LogP contribution in [-0.4, -0.2) is 23.1 Å². The van der Waals surface area contributed by atoms with E-state index >= 15 is 0 Å². The summed E-state index contributed by atoms with van der Waals surface area (Å²) in [5.74, 6) is 0.358. The molecule has 4 heteroatoms. The standard InChI is InChI=1S/C18H22FNO2/c1-11-3-6-15-10-20(18(22)16(15)17(11)19)9-13-4-7-14(8-5-13)12(2)21/h3,6,13-14H,4-5,7-10H2,1-2H3/t13-,14-. The van der Waals surface area contributed by atoms with Gasteiger partial charge in [-0.25, -0.2) is 4.39 Å². The maximum atomic E-state index is 14.2. The Morgan fingerprint density at radius 2 is 1.95 bits per heavy atom. The molecule has 0 aromatic heterocycles. The van der Waals surface area contributed by atoms with Crippen molar-refractivity contribution < 1.29 is 14.0 Å². The number of rotatable bonds is 3. The van der Waals surface area contributed by atoms with Gasteiger partial charge in [-0.3, -0.25) is 9.59 Å². The lowest BCUT2D eigenvalue weighted by Gasteiger charge is -2.30. The molecule has 0 N–H and O–H groups in total. The molecule has 1 aromatic rings. The van der Waals surface area contributed by atoms with Gasteiger partial charge in [0.15, 0.2) is 0 Å². The number of ketones is 1. The molecule has 1 heterocycles. The molecule has 118 valence electrons. The van der Waals surface area contributed by atoms with Crippen LogP contribution >= 0.6 is 0 Å². The fraction of sp³-hybridized carbons (Fsp3) is 0.556. The Balaban J connectivity index is 1.65. The minimum absolute atomic E-state index is 0.176. The number of amides is 1. The third-order valence-electron chi connectivity index (χ3n) is 5.18. The third kappa shape index (κ3) is 2.67. The fourth-order valence-corrected chi connectivity index (χ4v) is 3.73. The van der Waals surface area contributed by atoms with Crippen LogP contribution in [0.3, 0.4) is 0 Å². The first-order valence-electron chi connectivity index (χ1n) is 8.05. The molecule has 0 unspecified atom stereocenters. The van der Waals surface area contributed by atoms with Crippen molar-refractivity contribution in [2.24, 2.45) is 11.8 Å². The molecule has 1 aromatic carbocycles. The SMILES string of the molecule is Cc1ccc2c(c1F)C(=O)N(C[C@H]1CC[C@H](C(C)=O)CC1)C2. The van der Waals surface area contributed by atoms with Crippen LogP contribution in [0, 0.1) is 24.6 Å². The Labute approximate surface area is 130 Å². The van der Waals surface area contributed by atoms with E-state index < -0.39 is 0 Å². The van der Waals surface area contributed by atoms with Gasteiger partial charge in [-0.1, -0.05) is 12.1 Å². The number of fused-ring (bicyclic) bond motifs is 1. The van der Waals surface area contributed by atoms with E-state index in [0.717, 1.165) is 31.2 Å². The van der Waals surface area contributed by atoms with Crippen LogP contribution in [0.1, 0.15) is 54.1 Å². The molecule has 0 spiro atoms. The Bertz CT molecular complexity index is 618. The van der Waals surface area contributed by atoms with Crippen LogP contribution in [0.25, 0.3) is 0 Å². The van der Waals surface area contributed by atoms with Crippen molar-refractivity contribution in [2.45, 2.75) is 46.1 Å². The van der Waals surface area contributed by atoms with E-state index in [2.05, 4.69) is 0 Å². The van der Waals surface area contributed by atoms with E-state index in [1.807, 2.05) is 6.07 Å². The van der Waals surface area contributed by atoms with Crippen molar-refractivity contribution in [2.75, 3.05) is 6.54 Å². The highest BCUT2D eigenvalue weighted by atomic mass is 19.1. The number of nitrogens with zero attached hydrogens (tertiary/aromatic N) is 1. The van der Waals surface area contributed by atoms with Gasteiger partial charge in [0.05, 0.1) is 5.56 Å². The number of halogens is 1. The smallest absolute Gasteiger partial charge is 0.257 e. The second kappa shape index (κ2) is 5.82. The van der Waals surface area contributed by atoms with Gasteiger partial charge in [0, 0.05) is 19.0 Å². The summed E-state index contributed by atoms with van der Waals surface area (Å²) in [4.78, 5) is 25.6. The van der Waals surface area contributed by atoms with Gasteiger partial charge < -0.3 is 4.90 Å². The highest BCUT2D eigenvalue weighted by Gasteiger charge is 2.33. The minimum Gasteiger partial charge on any atom is -0.334 e. The molecule has 1 aliphatic heterocycles. The lowest BCUT2D eigenvalue weighted by atomic mass is 9.80. The van der Waals surface area contributed by atoms with Crippen LogP contribution in [0.2, 0.25) is 0 Å². The highest BCUT2D eigenvalue weighted by molar-refractivity contribution is 5.98. The minimum atomic E-state index is -0.370. The van der Waals surface area contributed by atoms with Gasteiger partial charge >= 0.3 is 0 Å². The molecule has 0 atom stereocenters. The Kier molecular flexibility index (Phi) is 4.02. The van der Waals surface area contributed by atoms with E-state index in [0.29, 0.717) is 24.6 Å². The predicted octanol–water partition coefficient (Wildman–Crippen LogP) is 3.49. The lowest BCUT2D eigenvalue weighted by Crippen LogP contribution is -2.32. The topological polar surface area (TPSA) is 37.4 Å². The molecule has 0 radical (unpaired) electrons. The molecular weight excluding hydrogens is 281 g/mol. The average molecular weight is 303 g/mol. The monoisotopic (exact) mass is 303 g/mol. The quantitative estimate of drug-likeness (QED) is 0.857. The molecule has 2 aliphatic rings. The number of benzene rings is 1. The number of carbonyl (C=O) groups excluding carboxylic acids is 2. The van der Waals surface area contributed by atoms with Crippen LogP contribution < -0.4 is 0 Å². The van der Waals surface area contributed by atoms with E-state index in [1.165, 1.54) is 0 Å². The zero-order valence-corrected chi connectivity index (χ0v) is 13.2. The average Bonchev–Trinajstić information content (AvgIpc) is 2.81.